The van der Waals surface area contributed by atoms with Crippen LogP contribution < -0.4 is 5.56 Å². The Morgan fingerprint density at radius 2 is 2.07 bits per heavy atom. The van der Waals surface area contributed by atoms with Crippen molar-refractivity contribution < 1.29 is 0 Å². The highest BCUT2D eigenvalue weighted by atomic mass is 16.1. The Balaban J connectivity index is 2.75. The third kappa shape index (κ3) is 1.65. The third-order valence-corrected chi connectivity index (χ3v) is 2.67. The molecule has 2 rings (SSSR count). The molecule has 0 aliphatic rings. The monoisotopic (exact) mass is 202 g/mol. The molecule has 0 bridgehead atoms. The third-order valence-electron chi connectivity index (χ3n) is 2.67. The molecule has 0 N–H and O–H groups in total. The summed E-state index contributed by atoms with van der Waals surface area (Å²) in [5.74, 6) is 0.480. The van der Waals surface area contributed by atoms with Gasteiger partial charge >= 0.3 is 0 Å². The van der Waals surface area contributed by atoms with Crippen LogP contribution in [-0.4, -0.2) is 9.55 Å². The Kier molecular flexibility index (Phi) is 2.31. The maximum Gasteiger partial charge on any atom is 0.269 e. The van der Waals surface area contributed by atoms with Gasteiger partial charge in [0.2, 0.25) is 0 Å². The zero-order chi connectivity index (χ0) is 11.0. The predicted octanol–water partition coefficient (Wildman–Crippen LogP) is 2.06. The normalized spacial score (nSPS) is 11.2. The van der Waals surface area contributed by atoms with Crippen molar-refractivity contribution in [3.63, 3.8) is 0 Å². The predicted molar refractivity (Wildman–Crippen MR) is 61.1 cm³/mol. The van der Waals surface area contributed by atoms with Gasteiger partial charge in [-0.2, -0.15) is 0 Å². The van der Waals surface area contributed by atoms with Crippen LogP contribution in [0.3, 0.4) is 0 Å². The standard InChI is InChI=1S/C12H14N2O/c1-8(2)9-4-5-11-10(6-9)13-7-12(15)14(11)3/h4-8H,1-3H3. The molecule has 0 fully saturated rings. The molecule has 1 aromatic heterocycles. The number of hydrogen-bond donors (Lipinski definition) is 0. The Morgan fingerprint density at radius 1 is 1.33 bits per heavy atom. The van der Waals surface area contributed by atoms with Crippen LogP contribution in [0.1, 0.15) is 25.3 Å². The van der Waals surface area contributed by atoms with E-state index in [4.69, 9.17) is 0 Å². The van der Waals surface area contributed by atoms with Crippen LogP contribution in [-0.2, 0) is 7.05 Å². The number of nitrogens with zero attached hydrogens (tertiary/aromatic N) is 2. The van der Waals surface area contributed by atoms with Crippen LogP contribution in [0.5, 0.6) is 0 Å². The van der Waals surface area contributed by atoms with Crippen LogP contribution in [0, 0.1) is 0 Å². The summed E-state index contributed by atoms with van der Waals surface area (Å²) >= 11 is 0. The van der Waals surface area contributed by atoms with Crippen molar-refractivity contribution in [3.8, 4) is 0 Å². The summed E-state index contributed by atoms with van der Waals surface area (Å²) in [6, 6.07) is 6.05. The molecule has 2 aromatic rings. The van der Waals surface area contributed by atoms with E-state index >= 15 is 0 Å². The van der Waals surface area contributed by atoms with E-state index in [1.807, 2.05) is 18.2 Å². The number of fused-ring (bicyclic) bond motifs is 1. The van der Waals surface area contributed by atoms with Gasteiger partial charge in [-0.3, -0.25) is 4.79 Å². The summed E-state index contributed by atoms with van der Waals surface area (Å²) in [7, 11) is 1.77. The molecule has 0 saturated heterocycles. The summed E-state index contributed by atoms with van der Waals surface area (Å²) in [6.45, 7) is 4.28. The van der Waals surface area contributed by atoms with Crippen molar-refractivity contribution in [1.82, 2.24) is 9.55 Å². The van der Waals surface area contributed by atoms with Crippen molar-refractivity contribution in [1.29, 1.82) is 0 Å². The second-order valence-corrected chi connectivity index (χ2v) is 4.06. The molecule has 0 aliphatic carbocycles. The van der Waals surface area contributed by atoms with E-state index in [2.05, 4.69) is 18.8 Å². The zero-order valence-electron chi connectivity index (χ0n) is 9.19. The molecule has 15 heavy (non-hydrogen) atoms. The molecule has 0 amide bonds. The highest BCUT2D eigenvalue weighted by Crippen LogP contribution is 2.18. The molecular formula is C12H14N2O. The number of aryl methyl sites for hydroxylation is 1. The number of aromatic nitrogens is 2. The molecule has 0 saturated carbocycles. The molecular weight excluding hydrogens is 188 g/mol. The minimum absolute atomic E-state index is 0.0696. The molecule has 3 nitrogen and oxygen atoms in total. The average molecular weight is 202 g/mol. The average Bonchev–Trinajstić information content (AvgIpc) is 2.23. The minimum atomic E-state index is -0.0696. The lowest BCUT2D eigenvalue weighted by atomic mass is 10.0. The second-order valence-electron chi connectivity index (χ2n) is 4.06. The van der Waals surface area contributed by atoms with Crippen LogP contribution in [0.15, 0.2) is 29.2 Å². The molecule has 0 unspecified atom stereocenters. The van der Waals surface area contributed by atoms with E-state index < -0.39 is 0 Å². The van der Waals surface area contributed by atoms with Gasteiger partial charge in [-0.1, -0.05) is 19.9 Å². The summed E-state index contributed by atoms with van der Waals surface area (Å²) < 4.78 is 1.62. The first-order valence-electron chi connectivity index (χ1n) is 5.05. The quantitative estimate of drug-likeness (QED) is 0.709. The van der Waals surface area contributed by atoms with Gasteiger partial charge in [0, 0.05) is 7.05 Å². The molecule has 1 aromatic carbocycles. The van der Waals surface area contributed by atoms with E-state index in [0.717, 1.165) is 11.0 Å². The van der Waals surface area contributed by atoms with Gasteiger partial charge < -0.3 is 4.57 Å². The van der Waals surface area contributed by atoms with Crippen molar-refractivity contribution >= 4 is 11.0 Å². The fraction of sp³-hybridized carbons (Fsp3) is 0.333. The highest BCUT2D eigenvalue weighted by Gasteiger charge is 2.03. The minimum Gasteiger partial charge on any atom is -0.309 e. The van der Waals surface area contributed by atoms with E-state index in [0.29, 0.717) is 5.92 Å². The summed E-state index contributed by atoms with van der Waals surface area (Å²) in [5.41, 5.74) is 2.93. The van der Waals surface area contributed by atoms with Crippen LogP contribution in [0.4, 0.5) is 0 Å². The fourth-order valence-electron chi connectivity index (χ4n) is 1.62. The lowest BCUT2D eigenvalue weighted by Gasteiger charge is -2.08. The SMILES string of the molecule is CC(C)c1ccc2c(c1)ncc(=O)n2C. The Labute approximate surface area is 88.4 Å². The molecule has 0 radical (unpaired) electrons. The van der Waals surface area contributed by atoms with Crippen molar-refractivity contribution in [3.05, 3.63) is 40.3 Å². The molecule has 0 aliphatic heterocycles. The number of benzene rings is 1. The molecule has 0 atom stereocenters. The van der Waals surface area contributed by atoms with E-state index in [1.54, 1.807) is 11.6 Å². The van der Waals surface area contributed by atoms with Crippen LogP contribution in [0.25, 0.3) is 11.0 Å². The van der Waals surface area contributed by atoms with Gasteiger partial charge in [0.15, 0.2) is 0 Å². The molecule has 3 heteroatoms. The lowest BCUT2D eigenvalue weighted by molar-refractivity contribution is 0.861. The highest BCUT2D eigenvalue weighted by molar-refractivity contribution is 5.75. The topological polar surface area (TPSA) is 34.9 Å². The summed E-state index contributed by atoms with van der Waals surface area (Å²) in [6.07, 6.45) is 1.37. The second kappa shape index (κ2) is 3.50. The van der Waals surface area contributed by atoms with Crippen molar-refractivity contribution in [2.75, 3.05) is 0 Å². The van der Waals surface area contributed by atoms with Gasteiger partial charge in [0.25, 0.3) is 5.56 Å². The summed E-state index contributed by atoms with van der Waals surface area (Å²) in [4.78, 5) is 15.5. The number of rotatable bonds is 1. The summed E-state index contributed by atoms with van der Waals surface area (Å²) in [5, 5.41) is 0. The zero-order valence-corrected chi connectivity index (χ0v) is 9.19. The van der Waals surface area contributed by atoms with Crippen molar-refractivity contribution in [2.24, 2.45) is 7.05 Å². The first kappa shape index (κ1) is 9.90. The number of hydrogen-bond acceptors (Lipinski definition) is 2. The Hall–Kier alpha value is -1.64. The largest absolute Gasteiger partial charge is 0.309 e. The molecule has 0 spiro atoms. The van der Waals surface area contributed by atoms with E-state index in [-0.39, 0.29) is 5.56 Å². The van der Waals surface area contributed by atoms with Gasteiger partial charge in [0.05, 0.1) is 17.2 Å². The van der Waals surface area contributed by atoms with E-state index in [9.17, 15) is 4.79 Å². The lowest BCUT2D eigenvalue weighted by Crippen LogP contribution is -2.16. The molecule has 1 heterocycles. The maximum absolute atomic E-state index is 11.4. The van der Waals surface area contributed by atoms with Crippen LogP contribution in [0.2, 0.25) is 0 Å². The van der Waals surface area contributed by atoms with Gasteiger partial charge in [0.1, 0.15) is 0 Å². The first-order chi connectivity index (χ1) is 7.09. The molecule has 78 valence electrons. The maximum atomic E-state index is 11.4. The van der Waals surface area contributed by atoms with Crippen molar-refractivity contribution in [2.45, 2.75) is 19.8 Å². The van der Waals surface area contributed by atoms with Gasteiger partial charge in [-0.25, -0.2) is 4.98 Å². The van der Waals surface area contributed by atoms with Gasteiger partial charge in [-0.05, 0) is 23.6 Å². The fourth-order valence-corrected chi connectivity index (χ4v) is 1.62. The van der Waals surface area contributed by atoms with Crippen LogP contribution >= 0.6 is 0 Å². The smallest absolute Gasteiger partial charge is 0.269 e. The first-order valence-corrected chi connectivity index (χ1v) is 5.05. The Bertz CT molecular complexity index is 555. The van der Waals surface area contributed by atoms with Gasteiger partial charge in [-0.15, -0.1) is 0 Å². The Morgan fingerprint density at radius 3 is 2.73 bits per heavy atom. The van der Waals surface area contributed by atoms with E-state index in [1.165, 1.54) is 11.8 Å².